The number of hydrogen-bond donors (Lipinski definition) is 1. The summed E-state index contributed by atoms with van der Waals surface area (Å²) in [6.45, 7) is 1.99. The SMILES string of the molecule is Cc1cc2nc(-c3ccc(Br)cc3)cn2cc1N. The number of nitrogens with zero attached hydrogens (tertiary/aromatic N) is 2. The van der Waals surface area contributed by atoms with Gasteiger partial charge in [-0.3, -0.25) is 0 Å². The molecule has 0 fully saturated rings. The lowest BCUT2D eigenvalue weighted by atomic mass is 10.2. The van der Waals surface area contributed by atoms with Gasteiger partial charge >= 0.3 is 0 Å². The van der Waals surface area contributed by atoms with Gasteiger partial charge < -0.3 is 10.1 Å². The van der Waals surface area contributed by atoms with Crippen LogP contribution < -0.4 is 5.73 Å². The van der Waals surface area contributed by atoms with E-state index in [1.807, 2.05) is 54.0 Å². The molecule has 4 heteroatoms. The average molecular weight is 302 g/mol. The monoisotopic (exact) mass is 301 g/mol. The lowest BCUT2D eigenvalue weighted by Gasteiger charge is -1.99. The zero-order valence-electron chi connectivity index (χ0n) is 9.89. The zero-order chi connectivity index (χ0) is 12.7. The highest BCUT2D eigenvalue weighted by molar-refractivity contribution is 9.10. The molecule has 0 aliphatic rings. The third kappa shape index (κ3) is 1.88. The van der Waals surface area contributed by atoms with Gasteiger partial charge in [0, 0.05) is 22.4 Å². The van der Waals surface area contributed by atoms with E-state index in [4.69, 9.17) is 5.73 Å². The molecule has 0 unspecified atom stereocenters. The van der Waals surface area contributed by atoms with E-state index in [9.17, 15) is 0 Å². The number of halogens is 1. The number of aromatic nitrogens is 2. The predicted molar refractivity (Wildman–Crippen MR) is 77.5 cm³/mol. The number of hydrogen-bond acceptors (Lipinski definition) is 2. The quantitative estimate of drug-likeness (QED) is 0.745. The van der Waals surface area contributed by atoms with Gasteiger partial charge in [-0.15, -0.1) is 0 Å². The summed E-state index contributed by atoms with van der Waals surface area (Å²) in [6, 6.07) is 10.1. The Balaban J connectivity index is 2.16. The summed E-state index contributed by atoms with van der Waals surface area (Å²) in [7, 11) is 0. The van der Waals surface area contributed by atoms with Gasteiger partial charge in [0.25, 0.3) is 0 Å². The Hall–Kier alpha value is -1.81. The molecule has 0 atom stereocenters. The van der Waals surface area contributed by atoms with Crippen molar-refractivity contribution in [1.82, 2.24) is 9.38 Å². The number of nitrogens with two attached hydrogens (primary N) is 1. The molecule has 0 aliphatic carbocycles. The number of rotatable bonds is 1. The van der Waals surface area contributed by atoms with Crippen LogP contribution in [-0.2, 0) is 0 Å². The Morgan fingerprint density at radius 1 is 1.17 bits per heavy atom. The van der Waals surface area contributed by atoms with Crippen LogP contribution in [0.3, 0.4) is 0 Å². The molecule has 0 bridgehead atoms. The summed E-state index contributed by atoms with van der Waals surface area (Å²) in [5, 5.41) is 0. The fraction of sp³-hybridized carbons (Fsp3) is 0.0714. The van der Waals surface area contributed by atoms with Crippen LogP contribution in [0, 0.1) is 6.92 Å². The molecule has 0 aliphatic heterocycles. The molecule has 0 radical (unpaired) electrons. The summed E-state index contributed by atoms with van der Waals surface area (Å²) in [6.07, 6.45) is 3.90. The Morgan fingerprint density at radius 3 is 2.61 bits per heavy atom. The number of aryl methyl sites for hydroxylation is 1. The van der Waals surface area contributed by atoms with Crippen molar-refractivity contribution in [2.75, 3.05) is 5.73 Å². The molecular formula is C14H12BrN3. The predicted octanol–water partition coefficient (Wildman–Crippen LogP) is 3.65. The summed E-state index contributed by atoms with van der Waals surface area (Å²) in [5.74, 6) is 0. The summed E-state index contributed by atoms with van der Waals surface area (Å²) >= 11 is 3.43. The third-order valence-corrected chi connectivity index (χ3v) is 3.51. The normalized spacial score (nSPS) is 11.0. The molecule has 1 aromatic carbocycles. The maximum Gasteiger partial charge on any atom is 0.137 e. The highest BCUT2D eigenvalue weighted by Crippen LogP contribution is 2.23. The van der Waals surface area contributed by atoms with Crippen molar-refractivity contribution in [2.24, 2.45) is 0 Å². The summed E-state index contributed by atoms with van der Waals surface area (Å²) < 4.78 is 3.02. The van der Waals surface area contributed by atoms with Crippen molar-refractivity contribution in [3.8, 4) is 11.3 Å². The first kappa shape index (κ1) is 11.3. The van der Waals surface area contributed by atoms with Gasteiger partial charge in [0.15, 0.2) is 0 Å². The Labute approximate surface area is 113 Å². The molecule has 3 rings (SSSR count). The van der Waals surface area contributed by atoms with Crippen LogP contribution in [0.25, 0.3) is 16.9 Å². The number of pyridine rings is 1. The van der Waals surface area contributed by atoms with E-state index in [1.165, 1.54) is 0 Å². The lowest BCUT2D eigenvalue weighted by Crippen LogP contribution is -1.93. The van der Waals surface area contributed by atoms with E-state index in [0.717, 1.165) is 32.6 Å². The van der Waals surface area contributed by atoms with E-state index >= 15 is 0 Å². The second-order valence-corrected chi connectivity index (χ2v) is 5.23. The van der Waals surface area contributed by atoms with Gasteiger partial charge in [0.1, 0.15) is 5.65 Å². The highest BCUT2D eigenvalue weighted by atomic mass is 79.9. The van der Waals surface area contributed by atoms with E-state index < -0.39 is 0 Å². The minimum absolute atomic E-state index is 0.780. The first-order valence-electron chi connectivity index (χ1n) is 5.64. The van der Waals surface area contributed by atoms with Crippen LogP contribution in [0.1, 0.15) is 5.56 Å². The van der Waals surface area contributed by atoms with Gasteiger partial charge in [-0.05, 0) is 30.7 Å². The number of imidazole rings is 1. The van der Waals surface area contributed by atoms with Gasteiger partial charge in [0.2, 0.25) is 0 Å². The number of nitrogen functional groups attached to an aromatic ring is 1. The molecule has 2 heterocycles. The van der Waals surface area contributed by atoms with Gasteiger partial charge in [-0.2, -0.15) is 0 Å². The Morgan fingerprint density at radius 2 is 1.89 bits per heavy atom. The van der Waals surface area contributed by atoms with Crippen molar-refractivity contribution < 1.29 is 0 Å². The smallest absolute Gasteiger partial charge is 0.137 e. The minimum atomic E-state index is 0.780. The largest absolute Gasteiger partial charge is 0.397 e. The van der Waals surface area contributed by atoms with Crippen LogP contribution in [0.15, 0.2) is 47.2 Å². The molecule has 0 saturated heterocycles. The topological polar surface area (TPSA) is 43.3 Å². The van der Waals surface area contributed by atoms with Crippen molar-refractivity contribution in [3.63, 3.8) is 0 Å². The molecule has 0 saturated carbocycles. The fourth-order valence-corrected chi connectivity index (χ4v) is 2.17. The van der Waals surface area contributed by atoms with Crippen LogP contribution in [0.2, 0.25) is 0 Å². The molecule has 0 spiro atoms. The maximum atomic E-state index is 5.90. The van der Waals surface area contributed by atoms with E-state index in [2.05, 4.69) is 20.9 Å². The van der Waals surface area contributed by atoms with E-state index in [0.29, 0.717) is 0 Å². The second-order valence-electron chi connectivity index (χ2n) is 4.31. The highest BCUT2D eigenvalue weighted by Gasteiger charge is 2.05. The first-order chi connectivity index (χ1) is 8.63. The Kier molecular flexibility index (Phi) is 2.59. The van der Waals surface area contributed by atoms with E-state index in [-0.39, 0.29) is 0 Å². The fourth-order valence-electron chi connectivity index (χ4n) is 1.91. The minimum Gasteiger partial charge on any atom is -0.397 e. The standard InChI is InChI=1S/C14H12BrN3/c1-9-6-14-17-13(8-18(14)7-12(9)16)10-2-4-11(15)5-3-10/h2-8H,16H2,1H3. The third-order valence-electron chi connectivity index (χ3n) is 2.98. The number of benzene rings is 1. The van der Waals surface area contributed by atoms with Crippen LogP contribution in [0.5, 0.6) is 0 Å². The van der Waals surface area contributed by atoms with Crippen molar-refractivity contribution in [3.05, 3.63) is 52.8 Å². The van der Waals surface area contributed by atoms with Crippen molar-refractivity contribution >= 4 is 27.3 Å². The molecule has 0 amide bonds. The lowest BCUT2D eigenvalue weighted by molar-refractivity contribution is 1.18. The van der Waals surface area contributed by atoms with Crippen molar-refractivity contribution in [2.45, 2.75) is 6.92 Å². The molecule has 3 aromatic rings. The number of fused-ring (bicyclic) bond motifs is 1. The molecule has 18 heavy (non-hydrogen) atoms. The summed E-state index contributed by atoms with van der Waals surface area (Å²) in [4.78, 5) is 4.61. The molecule has 2 N–H and O–H groups in total. The van der Waals surface area contributed by atoms with Crippen molar-refractivity contribution in [1.29, 1.82) is 0 Å². The van der Waals surface area contributed by atoms with Gasteiger partial charge in [0.05, 0.1) is 11.4 Å². The van der Waals surface area contributed by atoms with Gasteiger partial charge in [-0.1, -0.05) is 28.1 Å². The molecule has 2 aromatic heterocycles. The molecule has 3 nitrogen and oxygen atoms in total. The van der Waals surface area contributed by atoms with Crippen LogP contribution in [-0.4, -0.2) is 9.38 Å². The average Bonchev–Trinajstić information content (AvgIpc) is 2.73. The van der Waals surface area contributed by atoms with E-state index in [1.54, 1.807) is 0 Å². The number of anilines is 1. The molecule has 90 valence electrons. The van der Waals surface area contributed by atoms with Crippen LogP contribution in [0.4, 0.5) is 5.69 Å². The Bertz CT molecular complexity index is 675. The maximum absolute atomic E-state index is 5.90. The molecular weight excluding hydrogens is 290 g/mol. The first-order valence-corrected chi connectivity index (χ1v) is 6.43. The zero-order valence-corrected chi connectivity index (χ0v) is 11.5. The summed E-state index contributed by atoms with van der Waals surface area (Å²) in [5.41, 5.74) is 10.7. The van der Waals surface area contributed by atoms with Gasteiger partial charge in [-0.25, -0.2) is 4.98 Å². The van der Waals surface area contributed by atoms with Crippen LogP contribution >= 0.6 is 15.9 Å². The second kappa shape index (κ2) is 4.14.